The number of aliphatic hydroxyl groups excluding tert-OH is 1. The zero-order valence-electron chi connectivity index (χ0n) is 11.3. The first kappa shape index (κ1) is 14.1. The number of rotatable bonds is 6. The fourth-order valence-corrected chi connectivity index (χ4v) is 1.80. The molecule has 0 aliphatic carbocycles. The highest BCUT2D eigenvalue weighted by Gasteiger charge is 2.11. The lowest BCUT2D eigenvalue weighted by molar-refractivity contribution is 0.0488. The molecule has 2 rings (SSSR count). The molecule has 1 heterocycles. The molecule has 1 aromatic carbocycles. The van der Waals surface area contributed by atoms with E-state index in [4.69, 9.17) is 9.15 Å². The number of aliphatic hydroxyl groups is 1. The largest absolute Gasteiger partial charge is 0.460 e. The summed E-state index contributed by atoms with van der Waals surface area (Å²) < 4.78 is 10.2. The number of esters is 1. The summed E-state index contributed by atoms with van der Waals surface area (Å²) in [5, 5.41) is 12.4. The third kappa shape index (κ3) is 3.39. The van der Waals surface area contributed by atoms with E-state index in [-0.39, 0.29) is 12.4 Å². The van der Waals surface area contributed by atoms with Crippen molar-refractivity contribution in [2.45, 2.75) is 20.1 Å². The van der Waals surface area contributed by atoms with Gasteiger partial charge in [-0.15, -0.1) is 0 Å². The number of anilines is 1. The molecular formula is C15H17NO4. The highest BCUT2D eigenvalue weighted by atomic mass is 16.5. The third-order valence-corrected chi connectivity index (χ3v) is 2.78. The van der Waals surface area contributed by atoms with Gasteiger partial charge < -0.3 is 19.6 Å². The molecule has 0 radical (unpaired) electrons. The summed E-state index contributed by atoms with van der Waals surface area (Å²) in [6.07, 6.45) is 0. The number of furan rings is 1. The normalized spacial score (nSPS) is 10.3. The molecule has 0 saturated heterocycles. The number of ether oxygens (including phenoxy) is 1. The quantitative estimate of drug-likeness (QED) is 0.793. The van der Waals surface area contributed by atoms with E-state index in [1.807, 2.05) is 24.3 Å². The van der Waals surface area contributed by atoms with E-state index >= 15 is 0 Å². The van der Waals surface area contributed by atoms with Crippen LogP contribution in [0.5, 0.6) is 0 Å². The van der Waals surface area contributed by atoms with Gasteiger partial charge in [0.25, 0.3) is 0 Å². The maximum Gasteiger partial charge on any atom is 0.374 e. The minimum Gasteiger partial charge on any atom is -0.460 e. The molecule has 0 aliphatic rings. The summed E-state index contributed by atoms with van der Waals surface area (Å²) in [6, 6.07) is 10.8. The fourth-order valence-electron chi connectivity index (χ4n) is 1.80. The van der Waals surface area contributed by atoms with Crippen LogP contribution in [-0.2, 0) is 17.9 Å². The molecule has 0 aliphatic heterocycles. The predicted octanol–water partition coefficient (Wildman–Crippen LogP) is 2.56. The second-order valence-corrected chi connectivity index (χ2v) is 4.16. The van der Waals surface area contributed by atoms with Crippen molar-refractivity contribution in [3.05, 3.63) is 53.5 Å². The van der Waals surface area contributed by atoms with Gasteiger partial charge in [-0.05, 0) is 25.1 Å². The highest BCUT2D eigenvalue weighted by molar-refractivity contribution is 5.86. The molecule has 0 unspecified atom stereocenters. The van der Waals surface area contributed by atoms with E-state index in [0.29, 0.717) is 18.9 Å². The Hall–Kier alpha value is -2.27. The van der Waals surface area contributed by atoms with Gasteiger partial charge in [0, 0.05) is 11.3 Å². The number of carbonyl (C=O) groups excluding carboxylic acids is 1. The van der Waals surface area contributed by atoms with Crippen molar-refractivity contribution < 1.29 is 19.1 Å². The van der Waals surface area contributed by atoms with Crippen LogP contribution in [0.1, 0.15) is 28.8 Å². The van der Waals surface area contributed by atoms with Gasteiger partial charge in [-0.1, -0.05) is 18.2 Å². The molecule has 0 amide bonds. The second kappa shape index (κ2) is 6.77. The molecule has 0 saturated carbocycles. The Bertz CT molecular complexity index is 577. The molecule has 0 atom stereocenters. The molecule has 0 fully saturated rings. The van der Waals surface area contributed by atoms with Gasteiger partial charge in [0.15, 0.2) is 0 Å². The number of hydrogen-bond acceptors (Lipinski definition) is 5. The van der Waals surface area contributed by atoms with Crippen LogP contribution < -0.4 is 5.32 Å². The van der Waals surface area contributed by atoms with Gasteiger partial charge >= 0.3 is 5.97 Å². The van der Waals surface area contributed by atoms with Gasteiger partial charge in [-0.2, -0.15) is 0 Å². The third-order valence-electron chi connectivity index (χ3n) is 2.78. The van der Waals surface area contributed by atoms with Gasteiger partial charge in [0.2, 0.25) is 5.76 Å². The van der Waals surface area contributed by atoms with Crippen molar-refractivity contribution in [3.8, 4) is 0 Å². The van der Waals surface area contributed by atoms with Gasteiger partial charge in [0.05, 0.1) is 19.8 Å². The maximum absolute atomic E-state index is 11.5. The van der Waals surface area contributed by atoms with Crippen LogP contribution in [0.15, 0.2) is 40.8 Å². The van der Waals surface area contributed by atoms with Gasteiger partial charge in [0.1, 0.15) is 5.76 Å². The number of carbonyl (C=O) groups is 1. The molecule has 5 nitrogen and oxygen atoms in total. The minimum atomic E-state index is -0.463. The SMILES string of the molecule is CCOC(=O)c1ccc(CNc2ccccc2CO)o1. The number of nitrogens with one attached hydrogen (secondary N) is 1. The van der Waals surface area contributed by atoms with Crippen LogP contribution >= 0.6 is 0 Å². The van der Waals surface area contributed by atoms with Crippen LogP contribution in [0.2, 0.25) is 0 Å². The summed E-state index contributed by atoms with van der Waals surface area (Å²) >= 11 is 0. The Morgan fingerprint density at radius 3 is 2.85 bits per heavy atom. The molecule has 0 bridgehead atoms. The lowest BCUT2D eigenvalue weighted by Gasteiger charge is -2.08. The van der Waals surface area contributed by atoms with E-state index in [1.165, 1.54) is 0 Å². The van der Waals surface area contributed by atoms with Crippen LogP contribution in [-0.4, -0.2) is 17.7 Å². The Morgan fingerprint density at radius 2 is 2.10 bits per heavy atom. The first-order valence-electron chi connectivity index (χ1n) is 6.43. The Morgan fingerprint density at radius 1 is 1.30 bits per heavy atom. The lowest BCUT2D eigenvalue weighted by atomic mass is 10.2. The summed E-state index contributed by atoms with van der Waals surface area (Å²) in [7, 11) is 0. The molecule has 0 spiro atoms. The van der Waals surface area contributed by atoms with E-state index in [2.05, 4.69) is 5.32 Å². The van der Waals surface area contributed by atoms with Crippen LogP contribution in [0.4, 0.5) is 5.69 Å². The summed E-state index contributed by atoms with van der Waals surface area (Å²) in [5.41, 5.74) is 1.65. The summed E-state index contributed by atoms with van der Waals surface area (Å²) in [4.78, 5) is 11.5. The lowest BCUT2D eigenvalue weighted by Crippen LogP contribution is -2.03. The molecule has 5 heteroatoms. The standard InChI is InChI=1S/C15H17NO4/c1-2-19-15(18)14-8-7-12(20-14)9-16-13-6-4-3-5-11(13)10-17/h3-8,16-17H,2,9-10H2,1H3. The van der Waals surface area contributed by atoms with Crippen LogP contribution in [0.3, 0.4) is 0 Å². The van der Waals surface area contributed by atoms with Crippen molar-refractivity contribution in [2.75, 3.05) is 11.9 Å². The zero-order valence-corrected chi connectivity index (χ0v) is 11.3. The molecule has 2 aromatic rings. The number of benzene rings is 1. The predicted molar refractivity (Wildman–Crippen MR) is 74.4 cm³/mol. The van der Waals surface area contributed by atoms with Gasteiger partial charge in [-0.25, -0.2) is 4.79 Å². The Balaban J connectivity index is 1.99. The molecule has 2 N–H and O–H groups in total. The fraction of sp³-hybridized carbons (Fsp3) is 0.267. The molecular weight excluding hydrogens is 258 g/mol. The van der Waals surface area contributed by atoms with E-state index in [0.717, 1.165) is 11.3 Å². The van der Waals surface area contributed by atoms with E-state index in [1.54, 1.807) is 19.1 Å². The second-order valence-electron chi connectivity index (χ2n) is 4.16. The Labute approximate surface area is 117 Å². The maximum atomic E-state index is 11.5. The van der Waals surface area contributed by atoms with Crippen molar-refractivity contribution in [3.63, 3.8) is 0 Å². The zero-order chi connectivity index (χ0) is 14.4. The number of hydrogen-bond donors (Lipinski definition) is 2. The average Bonchev–Trinajstić information content (AvgIpc) is 2.94. The first-order chi connectivity index (χ1) is 9.74. The van der Waals surface area contributed by atoms with Crippen molar-refractivity contribution in [1.82, 2.24) is 0 Å². The monoisotopic (exact) mass is 275 g/mol. The smallest absolute Gasteiger partial charge is 0.374 e. The van der Waals surface area contributed by atoms with Crippen LogP contribution in [0, 0.1) is 0 Å². The van der Waals surface area contributed by atoms with Crippen LogP contribution in [0.25, 0.3) is 0 Å². The Kier molecular flexibility index (Phi) is 4.79. The number of para-hydroxylation sites is 1. The topological polar surface area (TPSA) is 71.7 Å². The van der Waals surface area contributed by atoms with Crippen molar-refractivity contribution in [2.24, 2.45) is 0 Å². The van der Waals surface area contributed by atoms with Crippen molar-refractivity contribution in [1.29, 1.82) is 0 Å². The van der Waals surface area contributed by atoms with Gasteiger partial charge in [-0.3, -0.25) is 0 Å². The molecule has 1 aromatic heterocycles. The summed E-state index contributed by atoms with van der Waals surface area (Å²) in [5.74, 6) is 0.356. The first-order valence-corrected chi connectivity index (χ1v) is 6.43. The van der Waals surface area contributed by atoms with E-state index < -0.39 is 5.97 Å². The van der Waals surface area contributed by atoms with Crippen molar-refractivity contribution >= 4 is 11.7 Å². The average molecular weight is 275 g/mol. The molecule has 20 heavy (non-hydrogen) atoms. The molecule has 106 valence electrons. The minimum absolute atomic E-state index is 0.0323. The highest BCUT2D eigenvalue weighted by Crippen LogP contribution is 2.17. The summed E-state index contributed by atoms with van der Waals surface area (Å²) in [6.45, 7) is 2.46. The van der Waals surface area contributed by atoms with E-state index in [9.17, 15) is 9.90 Å².